The largest absolute Gasteiger partial charge is 0.465 e. The molecule has 0 aromatic heterocycles. The Balaban J connectivity index is 2.77. The first kappa shape index (κ1) is 13.7. The molecule has 0 amide bonds. The third kappa shape index (κ3) is 3.85. The van der Waals surface area contributed by atoms with Crippen LogP contribution in [0, 0.1) is 0 Å². The van der Waals surface area contributed by atoms with E-state index in [0.717, 1.165) is 18.7 Å². The zero-order valence-corrected chi connectivity index (χ0v) is 11.0. The number of nitrogen functional groups attached to an aromatic ring is 1. The predicted octanol–water partition coefficient (Wildman–Crippen LogP) is 2.22. The minimum Gasteiger partial charge on any atom is -0.465 e. The van der Waals surface area contributed by atoms with Crippen LogP contribution in [0.1, 0.15) is 16.8 Å². The lowest BCUT2D eigenvalue weighted by atomic mass is 10.1. The summed E-state index contributed by atoms with van der Waals surface area (Å²) in [5, 5.41) is 3.19. The molecule has 0 aliphatic rings. The number of esters is 1. The van der Waals surface area contributed by atoms with Gasteiger partial charge >= 0.3 is 5.97 Å². The number of carbonyl (C=O) groups excluding carboxylic acids is 1. The highest BCUT2D eigenvalue weighted by Crippen LogP contribution is 2.24. The van der Waals surface area contributed by atoms with Crippen molar-refractivity contribution >= 4 is 29.1 Å². The van der Waals surface area contributed by atoms with E-state index in [4.69, 9.17) is 10.5 Å². The molecule has 94 valence electrons. The normalized spacial score (nSPS) is 10.0. The van der Waals surface area contributed by atoms with Crippen LogP contribution in [0.5, 0.6) is 0 Å². The lowest BCUT2D eigenvalue weighted by Gasteiger charge is -2.12. The molecule has 0 saturated carbocycles. The molecular formula is C12H18N2O2S. The summed E-state index contributed by atoms with van der Waals surface area (Å²) in [6, 6.07) is 5.22. The Morgan fingerprint density at radius 1 is 1.53 bits per heavy atom. The molecule has 1 aromatic carbocycles. The summed E-state index contributed by atoms with van der Waals surface area (Å²) in [5.41, 5.74) is 7.57. The summed E-state index contributed by atoms with van der Waals surface area (Å²) >= 11 is 1.79. The van der Waals surface area contributed by atoms with Gasteiger partial charge in [0.05, 0.1) is 24.0 Å². The zero-order valence-electron chi connectivity index (χ0n) is 10.2. The van der Waals surface area contributed by atoms with Gasteiger partial charge in [-0.3, -0.25) is 0 Å². The summed E-state index contributed by atoms with van der Waals surface area (Å²) in [4.78, 5) is 11.6. The third-order valence-corrected chi connectivity index (χ3v) is 3.03. The average molecular weight is 254 g/mol. The second kappa shape index (κ2) is 7.06. The molecule has 1 aromatic rings. The van der Waals surface area contributed by atoms with Gasteiger partial charge in [0.1, 0.15) is 0 Å². The number of nitrogens with one attached hydrogen (secondary N) is 1. The summed E-state index contributed by atoms with van der Waals surface area (Å²) in [6.07, 6.45) is 3.09. The van der Waals surface area contributed by atoms with Crippen molar-refractivity contribution in [3.8, 4) is 0 Å². The van der Waals surface area contributed by atoms with Crippen LogP contribution in [0.3, 0.4) is 0 Å². The Labute approximate surface area is 106 Å². The zero-order chi connectivity index (χ0) is 12.7. The van der Waals surface area contributed by atoms with Crippen LogP contribution in [-0.4, -0.2) is 31.6 Å². The molecule has 3 N–H and O–H groups in total. The summed E-state index contributed by atoms with van der Waals surface area (Å²) in [6.45, 7) is 0.791. The van der Waals surface area contributed by atoms with Crippen molar-refractivity contribution in [3.05, 3.63) is 23.8 Å². The summed E-state index contributed by atoms with van der Waals surface area (Å²) in [5.74, 6) is 0.706. The van der Waals surface area contributed by atoms with Gasteiger partial charge < -0.3 is 15.8 Å². The van der Waals surface area contributed by atoms with Crippen molar-refractivity contribution in [1.29, 1.82) is 0 Å². The Morgan fingerprint density at radius 3 is 2.94 bits per heavy atom. The van der Waals surface area contributed by atoms with Crippen LogP contribution in [0.15, 0.2) is 18.2 Å². The van der Waals surface area contributed by atoms with Crippen molar-refractivity contribution in [1.82, 2.24) is 0 Å². The standard InChI is InChI=1S/C12H18N2O2S/c1-16-12(15)9-5-3-6-10(13)11(9)14-7-4-8-17-2/h3,5-6,14H,4,7-8,13H2,1-2H3. The Hall–Kier alpha value is -1.36. The minimum atomic E-state index is -0.371. The van der Waals surface area contributed by atoms with Gasteiger partial charge in [-0.05, 0) is 30.6 Å². The van der Waals surface area contributed by atoms with Gasteiger partial charge in [-0.15, -0.1) is 0 Å². The number of hydrogen-bond donors (Lipinski definition) is 2. The van der Waals surface area contributed by atoms with Crippen LogP contribution in [0.2, 0.25) is 0 Å². The fourth-order valence-electron chi connectivity index (χ4n) is 1.48. The second-order valence-electron chi connectivity index (χ2n) is 3.53. The van der Waals surface area contributed by atoms with Gasteiger partial charge in [-0.2, -0.15) is 11.8 Å². The minimum absolute atomic E-state index is 0.371. The molecular weight excluding hydrogens is 236 g/mol. The lowest BCUT2D eigenvalue weighted by molar-refractivity contribution is 0.0602. The maximum Gasteiger partial charge on any atom is 0.340 e. The van der Waals surface area contributed by atoms with Gasteiger partial charge in [0, 0.05) is 6.54 Å². The first-order valence-electron chi connectivity index (χ1n) is 5.40. The van der Waals surface area contributed by atoms with E-state index in [-0.39, 0.29) is 5.97 Å². The Bertz CT molecular complexity index is 383. The van der Waals surface area contributed by atoms with E-state index in [9.17, 15) is 4.79 Å². The smallest absolute Gasteiger partial charge is 0.340 e. The fraction of sp³-hybridized carbons (Fsp3) is 0.417. The molecule has 0 atom stereocenters. The van der Waals surface area contributed by atoms with Crippen molar-refractivity contribution < 1.29 is 9.53 Å². The number of nitrogens with two attached hydrogens (primary N) is 1. The number of carbonyl (C=O) groups is 1. The van der Waals surface area contributed by atoms with E-state index in [2.05, 4.69) is 11.6 Å². The monoisotopic (exact) mass is 254 g/mol. The van der Waals surface area contributed by atoms with Gasteiger partial charge in [0.15, 0.2) is 0 Å². The molecule has 17 heavy (non-hydrogen) atoms. The molecule has 0 radical (unpaired) electrons. The maximum atomic E-state index is 11.6. The highest BCUT2D eigenvalue weighted by Gasteiger charge is 2.13. The van der Waals surface area contributed by atoms with Crippen molar-refractivity contribution in [3.63, 3.8) is 0 Å². The first-order valence-corrected chi connectivity index (χ1v) is 6.79. The van der Waals surface area contributed by atoms with Crippen LogP contribution in [0.25, 0.3) is 0 Å². The highest BCUT2D eigenvalue weighted by atomic mass is 32.2. The summed E-state index contributed by atoms with van der Waals surface area (Å²) in [7, 11) is 1.36. The molecule has 0 heterocycles. The number of ether oxygens (including phenoxy) is 1. The lowest BCUT2D eigenvalue weighted by Crippen LogP contribution is -2.11. The summed E-state index contributed by atoms with van der Waals surface area (Å²) < 4.78 is 4.72. The number of methoxy groups -OCH3 is 1. The van der Waals surface area contributed by atoms with Gasteiger partial charge in [-0.25, -0.2) is 4.79 Å². The molecule has 0 spiro atoms. The van der Waals surface area contributed by atoms with E-state index < -0.39 is 0 Å². The average Bonchev–Trinajstić information content (AvgIpc) is 2.35. The third-order valence-electron chi connectivity index (χ3n) is 2.33. The van der Waals surface area contributed by atoms with E-state index >= 15 is 0 Å². The van der Waals surface area contributed by atoms with Crippen molar-refractivity contribution in [2.45, 2.75) is 6.42 Å². The van der Waals surface area contributed by atoms with Crippen LogP contribution >= 0.6 is 11.8 Å². The number of hydrogen-bond acceptors (Lipinski definition) is 5. The first-order chi connectivity index (χ1) is 8.20. The van der Waals surface area contributed by atoms with E-state index in [1.54, 1.807) is 30.0 Å². The van der Waals surface area contributed by atoms with Gasteiger partial charge in [0.25, 0.3) is 0 Å². The number of rotatable bonds is 6. The molecule has 0 unspecified atom stereocenters. The van der Waals surface area contributed by atoms with Crippen molar-refractivity contribution in [2.24, 2.45) is 0 Å². The van der Waals surface area contributed by atoms with Crippen LogP contribution in [-0.2, 0) is 4.74 Å². The highest BCUT2D eigenvalue weighted by molar-refractivity contribution is 7.98. The van der Waals surface area contributed by atoms with Crippen molar-refractivity contribution in [2.75, 3.05) is 36.7 Å². The molecule has 0 saturated heterocycles. The second-order valence-corrected chi connectivity index (χ2v) is 4.52. The molecule has 0 aliphatic carbocycles. The molecule has 1 rings (SSSR count). The van der Waals surface area contributed by atoms with E-state index in [1.165, 1.54) is 7.11 Å². The Kier molecular flexibility index (Phi) is 5.69. The van der Waals surface area contributed by atoms with Gasteiger partial charge in [-0.1, -0.05) is 6.07 Å². The molecule has 5 heteroatoms. The number of benzene rings is 1. The Morgan fingerprint density at radius 2 is 2.29 bits per heavy atom. The van der Waals surface area contributed by atoms with E-state index in [0.29, 0.717) is 16.9 Å². The quantitative estimate of drug-likeness (QED) is 0.463. The topological polar surface area (TPSA) is 64.3 Å². The van der Waals surface area contributed by atoms with E-state index in [1.807, 2.05) is 0 Å². The predicted molar refractivity (Wildman–Crippen MR) is 73.7 cm³/mol. The fourth-order valence-corrected chi connectivity index (χ4v) is 1.91. The molecule has 4 nitrogen and oxygen atoms in total. The molecule has 0 fully saturated rings. The maximum absolute atomic E-state index is 11.6. The van der Waals surface area contributed by atoms with Crippen LogP contribution in [0.4, 0.5) is 11.4 Å². The van der Waals surface area contributed by atoms with Gasteiger partial charge in [0.2, 0.25) is 0 Å². The number of para-hydroxylation sites is 1. The molecule has 0 aliphatic heterocycles. The number of thioether (sulfide) groups is 1. The SMILES string of the molecule is COC(=O)c1cccc(N)c1NCCCSC. The molecule has 0 bridgehead atoms. The number of anilines is 2. The van der Waals surface area contributed by atoms with Crippen LogP contribution < -0.4 is 11.1 Å².